The van der Waals surface area contributed by atoms with Crippen LogP contribution in [0.3, 0.4) is 0 Å². The first-order valence-electron chi connectivity index (χ1n) is 9.55. The number of methoxy groups -OCH3 is 1. The van der Waals surface area contributed by atoms with E-state index in [4.69, 9.17) is 4.74 Å². The number of ketones is 1. The molecule has 0 radical (unpaired) electrons. The van der Waals surface area contributed by atoms with Crippen molar-refractivity contribution in [2.24, 2.45) is 5.92 Å². The van der Waals surface area contributed by atoms with E-state index in [1.165, 1.54) is 36.8 Å². The summed E-state index contributed by atoms with van der Waals surface area (Å²) in [6, 6.07) is 9.85. The molecule has 1 aliphatic rings. The lowest BCUT2D eigenvalue weighted by Crippen LogP contribution is -2.72. The molecule has 32 heavy (non-hydrogen) atoms. The summed E-state index contributed by atoms with van der Waals surface area (Å²) in [5.74, 6) is -3.07. The number of amides is 2. The van der Waals surface area contributed by atoms with Crippen LogP contribution in [0.2, 0.25) is 0 Å². The van der Waals surface area contributed by atoms with Crippen LogP contribution in [-0.2, 0) is 0 Å². The van der Waals surface area contributed by atoms with Gasteiger partial charge in [0.15, 0.2) is 5.78 Å². The van der Waals surface area contributed by atoms with Gasteiger partial charge in [-0.25, -0.2) is 4.79 Å². The van der Waals surface area contributed by atoms with Crippen molar-refractivity contribution in [3.63, 3.8) is 0 Å². The average Bonchev–Trinajstić information content (AvgIpc) is 2.77. The van der Waals surface area contributed by atoms with Gasteiger partial charge >= 0.3 is 12.2 Å². The highest BCUT2D eigenvalue weighted by Gasteiger charge is 2.66. The number of pyridine rings is 1. The number of carbonyl (C=O) groups is 2. The van der Waals surface area contributed by atoms with Crippen molar-refractivity contribution in [3.05, 3.63) is 72.1 Å². The van der Waals surface area contributed by atoms with E-state index >= 15 is 0 Å². The molecule has 1 aromatic heterocycles. The van der Waals surface area contributed by atoms with Crippen LogP contribution >= 0.6 is 0 Å². The zero-order valence-corrected chi connectivity index (χ0v) is 16.7. The Kier molecular flexibility index (Phi) is 5.25. The Morgan fingerprint density at radius 1 is 1.16 bits per heavy atom. The summed E-state index contributed by atoms with van der Waals surface area (Å²) in [5, 5.41) is 15.8. The summed E-state index contributed by atoms with van der Waals surface area (Å²) in [6.07, 6.45) is -2.89. The second-order valence-corrected chi connectivity index (χ2v) is 7.33. The first-order chi connectivity index (χ1) is 15.2. The number of carbonyl (C=O) groups excluding carboxylic acids is 2. The van der Waals surface area contributed by atoms with Crippen LogP contribution in [0.4, 0.5) is 18.0 Å². The smallest absolute Gasteiger partial charge is 0.437 e. The number of halogens is 3. The third kappa shape index (κ3) is 3.42. The molecular weight excluding hydrogens is 427 g/mol. The summed E-state index contributed by atoms with van der Waals surface area (Å²) < 4.78 is 47.7. The largest absolute Gasteiger partial charge is 0.496 e. The summed E-state index contributed by atoms with van der Waals surface area (Å²) in [5.41, 5.74) is -3.85. The Hall–Kier alpha value is -3.66. The summed E-state index contributed by atoms with van der Waals surface area (Å²) >= 11 is 0. The van der Waals surface area contributed by atoms with E-state index in [-0.39, 0.29) is 16.9 Å². The molecule has 4 rings (SSSR count). The summed E-state index contributed by atoms with van der Waals surface area (Å²) in [4.78, 5) is 29.4. The molecule has 0 bridgehead atoms. The minimum atomic E-state index is -5.36. The van der Waals surface area contributed by atoms with Gasteiger partial charge in [0.1, 0.15) is 11.7 Å². The highest BCUT2D eigenvalue weighted by Crippen LogP contribution is 2.47. The van der Waals surface area contributed by atoms with E-state index in [1.54, 1.807) is 30.3 Å². The molecule has 2 heterocycles. The van der Waals surface area contributed by atoms with Gasteiger partial charge in [-0.3, -0.25) is 9.78 Å². The van der Waals surface area contributed by atoms with Gasteiger partial charge in [-0.1, -0.05) is 30.3 Å². The molecule has 0 spiro atoms. The quantitative estimate of drug-likeness (QED) is 0.535. The number of urea groups is 1. The molecule has 3 N–H and O–H groups in total. The van der Waals surface area contributed by atoms with Gasteiger partial charge in [0.05, 0.1) is 13.2 Å². The number of Topliss-reactive ketones (excluding diaryl/α,β-unsaturated/α-hetero) is 1. The number of aliphatic hydroxyl groups is 1. The maximum Gasteiger partial charge on any atom is 0.437 e. The zero-order chi connectivity index (χ0) is 23.1. The minimum Gasteiger partial charge on any atom is -0.496 e. The molecule has 1 fully saturated rings. The van der Waals surface area contributed by atoms with E-state index < -0.39 is 35.7 Å². The topological polar surface area (TPSA) is 101 Å². The first-order valence-corrected chi connectivity index (χ1v) is 9.55. The molecule has 0 saturated carbocycles. The number of aromatic nitrogens is 1. The summed E-state index contributed by atoms with van der Waals surface area (Å²) in [7, 11) is 1.32. The molecule has 7 nitrogen and oxygen atoms in total. The van der Waals surface area contributed by atoms with Crippen molar-refractivity contribution < 1.29 is 32.6 Å². The molecule has 3 atom stereocenters. The van der Waals surface area contributed by atoms with Gasteiger partial charge in [-0.05, 0) is 29.0 Å². The van der Waals surface area contributed by atoms with Crippen LogP contribution in [0.25, 0.3) is 10.8 Å². The Bertz CT molecular complexity index is 1190. The van der Waals surface area contributed by atoms with E-state index in [0.717, 1.165) is 6.20 Å². The third-order valence-corrected chi connectivity index (χ3v) is 5.50. The van der Waals surface area contributed by atoms with Gasteiger partial charge < -0.3 is 20.5 Å². The lowest BCUT2D eigenvalue weighted by atomic mass is 9.76. The highest BCUT2D eigenvalue weighted by atomic mass is 19.4. The summed E-state index contributed by atoms with van der Waals surface area (Å²) in [6.45, 7) is 0. The van der Waals surface area contributed by atoms with Crippen LogP contribution in [0.1, 0.15) is 22.0 Å². The normalized spacial score (nSPS) is 23.3. The van der Waals surface area contributed by atoms with E-state index in [1.807, 2.05) is 0 Å². The number of nitrogens with one attached hydrogen (secondary N) is 2. The maximum atomic E-state index is 14.1. The first kappa shape index (κ1) is 21.6. The van der Waals surface area contributed by atoms with Crippen LogP contribution < -0.4 is 15.4 Å². The number of nitrogens with zero attached hydrogens (tertiary/aromatic N) is 1. The highest BCUT2D eigenvalue weighted by molar-refractivity contribution is 6.01. The van der Waals surface area contributed by atoms with Crippen molar-refractivity contribution in [1.82, 2.24) is 15.6 Å². The van der Waals surface area contributed by atoms with Gasteiger partial charge in [0, 0.05) is 23.5 Å². The fourth-order valence-corrected chi connectivity index (χ4v) is 4.04. The van der Waals surface area contributed by atoms with Crippen molar-refractivity contribution in [3.8, 4) is 5.75 Å². The fraction of sp³-hybridized carbons (Fsp3) is 0.227. The molecule has 0 unspecified atom stereocenters. The second kappa shape index (κ2) is 7.79. The molecule has 166 valence electrons. The standard InChI is InChI=1S/C22H18F3N3O4/c1-32-15-9-8-12-5-2-3-7-14(12)16(15)18-17(19(29)13-6-4-10-26-11-13)21(31,22(23,24)25)28-20(30)27-18/h2-11,17-18,31H,1H3,(H2,27,28,30)/t17-,18+,21+/m1/s1. The van der Waals surface area contributed by atoms with Gasteiger partial charge in [0.25, 0.3) is 0 Å². The van der Waals surface area contributed by atoms with Crippen molar-refractivity contribution in [2.75, 3.05) is 7.11 Å². The third-order valence-electron chi connectivity index (χ3n) is 5.50. The molecule has 2 amide bonds. The average molecular weight is 445 g/mol. The molecule has 2 aromatic carbocycles. The lowest BCUT2D eigenvalue weighted by Gasteiger charge is -2.45. The number of alkyl halides is 3. The van der Waals surface area contributed by atoms with E-state index in [0.29, 0.717) is 10.8 Å². The minimum absolute atomic E-state index is 0.144. The van der Waals surface area contributed by atoms with Crippen molar-refractivity contribution >= 4 is 22.6 Å². The molecule has 1 aliphatic heterocycles. The molecule has 1 saturated heterocycles. The van der Waals surface area contributed by atoms with Crippen LogP contribution in [0.15, 0.2) is 60.9 Å². The number of ether oxygens (including phenoxy) is 1. The van der Waals surface area contributed by atoms with Gasteiger partial charge in [-0.15, -0.1) is 0 Å². The lowest BCUT2D eigenvalue weighted by molar-refractivity contribution is -0.287. The molecule has 0 aliphatic carbocycles. The number of fused-ring (bicyclic) bond motifs is 1. The van der Waals surface area contributed by atoms with Crippen LogP contribution in [-0.4, -0.2) is 40.9 Å². The van der Waals surface area contributed by atoms with Crippen LogP contribution in [0.5, 0.6) is 5.75 Å². The van der Waals surface area contributed by atoms with Gasteiger partial charge in [-0.2, -0.15) is 13.2 Å². The molecular formula is C22H18F3N3O4. The van der Waals surface area contributed by atoms with Crippen LogP contribution in [0, 0.1) is 5.92 Å². The zero-order valence-electron chi connectivity index (χ0n) is 16.7. The maximum absolute atomic E-state index is 14.1. The van der Waals surface area contributed by atoms with E-state index in [2.05, 4.69) is 10.3 Å². The monoisotopic (exact) mass is 445 g/mol. The number of hydrogen-bond donors (Lipinski definition) is 3. The predicted molar refractivity (Wildman–Crippen MR) is 108 cm³/mol. The molecule has 3 aromatic rings. The number of benzene rings is 2. The Morgan fingerprint density at radius 3 is 2.56 bits per heavy atom. The van der Waals surface area contributed by atoms with E-state index in [9.17, 15) is 27.9 Å². The Balaban J connectivity index is 2.00. The Morgan fingerprint density at radius 2 is 1.91 bits per heavy atom. The Labute approximate surface area is 180 Å². The number of rotatable bonds is 4. The number of hydrogen-bond acceptors (Lipinski definition) is 5. The fourth-order valence-electron chi connectivity index (χ4n) is 4.04. The predicted octanol–water partition coefficient (Wildman–Crippen LogP) is 3.35. The second-order valence-electron chi connectivity index (χ2n) is 7.33. The van der Waals surface area contributed by atoms with Gasteiger partial charge in [0.2, 0.25) is 5.72 Å². The SMILES string of the molecule is COc1ccc2ccccc2c1[C@@H]1NC(=O)N[C@@](O)(C(F)(F)F)[C@H]1C(=O)c1cccnc1. The van der Waals surface area contributed by atoms with Crippen molar-refractivity contribution in [1.29, 1.82) is 0 Å². The van der Waals surface area contributed by atoms with Crippen molar-refractivity contribution in [2.45, 2.75) is 17.9 Å². The molecule has 10 heteroatoms.